The van der Waals surface area contributed by atoms with Crippen molar-refractivity contribution in [3.05, 3.63) is 35.6 Å². The summed E-state index contributed by atoms with van der Waals surface area (Å²) in [5.41, 5.74) is 1.09. The Balaban J connectivity index is 1.93. The molecule has 0 saturated carbocycles. The van der Waals surface area contributed by atoms with Crippen molar-refractivity contribution in [3.8, 4) is 0 Å². The Morgan fingerprint density at radius 3 is 3.06 bits per heavy atom. The van der Waals surface area contributed by atoms with E-state index in [1.165, 1.54) is 18.9 Å². The maximum Gasteiger partial charge on any atom is 0.123 e. The molecule has 2 unspecified atom stereocenters. The molecule has 0 spiro atoms. The summed E-state index contributed by atoms with van der Waals surface area (Å²) >= 11 is 0. The van der Waals surface area contributed by atoms with Crippen molar-refractivity contribution >= 4 is 0 Å². The molecule has 2 rings (SSSR count). The average Bonchev–Trinajstić information content (AvgIpc) is 2.39. The minimum absolute atomic E-state index is 0.133. The Hall–Kier alpha value is -0.930. The average molecular weight is 250 g/mol. The molecule has 1 N–H and O–H groups in total. The van der Waals surface area contributed by atoms with E-state index in [1.807, 2.05) is 13.1 Å². The first-order chi connectivity index (χ1) is 8.69. The molecular weight excluding hydrogens is 227 g/mol. The highest BCUT2D eigenvalue weighted by molar-refractivity contribution is 5.17. The Labute approximate surface area is 109 Å². The van der Waals surface area contributed by atoms with E-state index >= 15 is 0 Å². The number of halogens is 1. The molecule has 0 aliphatic carbocycles. The van der Waals surface area contributed by atoms with Gasteiger partial charge in [-0.15, -0.1) is 0 Å². The molecule has 1 aromatic carbocycles. The molecule has 1 aliphatic heterocycles. The number of benzene rings is 1. The lowest BCUT2D eigenvalue weighted by atomic mass is 10.0. The van der Waals surface area contributed by atoms with Gasteiger partial charge in [0.2, 0.25) is 0 Å². The Morgan fingerprint density at radius 1 is 1.50 bits per heavy atom. The monoisotopic (exact) mass is 250 g/mol. The van der Waals surface area contributed by atoms with Crippen LogP contribution in [0.1, 0.15) is 25.3 Å². The molecule has 1 aromatic rings. The van der Waals surface area contributed by atoms with E-state index < -0.39 is 0 Å². The topological polar surface area (TPSA) is 15.3 Å². The van der Waals surface area contributed by atoms with Gasteiger partial charge < -0.3 is 5.32 Å². The van der Waals surface area contributed by atoms with Gasteiger partial charge in [-0.3, -0.25) is 4.90 Å². The highest BCUT2D eigenvalue weighted by Gasteiger charge is 2.22. The summed E-state index contributed by atoms with van der Waals surface area (Å²) in [6.45, 7) is 4.50. The number of hydrogen-bond acceptors (Lipinski definition) is 2. The second-order valence-corrected chi connectivity index (χ2v) is 5.31. The maximum atomic E-state index is 13.2. The molecule has 1 fully saturated rings. The van der Waals surface area contributed by atoms with Gasteiger partial charge in [0.1, 0.15) is 5.82 Å². The number of likely N-dealkylation sites (tertiary alicyclic amines) is 1. The fourth-order valence-corrected chi connectivity index (χ4v) is 2.78. The first-order valence-electron chi connectivity index (χ1n) is 6.85. The normalized spacial score (nSPS) is 22.9. The zero-order valence-corrected chi connectivity index (χ0v) is 11.3. The number of nitrogens with one attached hydrogen (secondary N) is 1. The van der Waals surface area contributed by atoms with E-state index in [0.29, 0.717) is 12.1 Å². The third-order valence-electron chi connectivity index (χ3n) is 3.90. The standard InChI is InChI=1S/C15H23FN2/c1-12(9-13-5-3-6-14(16)10-13)18-8-4-7-15(11-18)17-2/h3,5-6,10,12,15,17H,4,7-9,11H2,1-2H3. The lowest BCUT2D eigenvalue weighted by molar-refractivity contribution is 0.148. The van der Waals surface area contributed by atoms with Gasteiger partial charge in [-0.25, -0.2) is 4.39 Å². The van der Waals surface area contributed by atoms with Crippen LogP contribution >= 0.6 is 0 Å². The minimum atomic E-state index is -0.133. The van der Waals surface area contributed by atoms with Gasteiger partial charge in [-0.05, 0) is 57.5 Å². The Bertz CT molecular complexity index is 381. The summed E-state index contributed by atoms with van der Waals surface area (Å²) in [6.07, 6.45) is 3.44. The molecule has 1 saturated heterocycles. The number of likely N-dealkylation sites (N-methyl/N-ethyl adjacent to an activating group) is 1. The first kappa shape index (κ1) is 13.5. The van der Waals surface area contributed by atoms with Crippen LogP contribution in [-0.4, -0.2) is 37.1 Å². The van der Waals surface area contributed by atoms with Crippen LogP contribution < -0.4 is 5.32 Å². The van der Waals surface area contributed by atoms with Crippen molar-refractivity contribution in [2.75, 3.05) is 20.1 Å². The molecule has 0 aromatic heterocycles. The van der Waals surface area contributed by atoms with Crippen molar-refractivity contribution in [3.63, 3.8) is 0 Å². The van der Waals surface area contributed by atoms with Crippen LogP contribution in [0.3, 0.4) is 0 Å². The summed E-state index contributed by atoms with van der Waals surface area (Å²) in [4.78, 5) is 2.51. The minimum Gasteiger partial charge on any atom is -0.316 e. The number of hydrogen-bond donors (Lipinski definition) is 1. The molecule has 18 heavy (non-hydrogen) atoms. The zero-order chi connectivity index (χ0) is 13.0. The fourth-order valence-electron chi connectivity index (χ4n) is 2.78. The van der Waals surface area contributed by atoms with E-state index in [4.69, 9.17) is 0 Å². The smallest absolute Gasteiger partial charge is 0.123 e. The van der Waals surface area contributed by atoms with Crippen LogP contribution in [0.25, 0.3) is 0 Å². The number of piperidine rings is 1. The number of rotatable bonds is 4. The molecular formula is C15H23FN2. The van der Waals surface area contributed by atoms with Crippen LogP contribution in [-0.2, 0) is 6.42 Å². The van der Waals surface area contributed by atoms with Gasteiger partial charge in [0.15, 0.2) is 0 Å². The van der Waals surface area contributed by atoms with Gasteiger partial charge in [0.25, 0.3) is 0 Å². The molecule has 1 heterocycles. The third-order valence-corrected chi connectivity index (χ3v) is 3.90. The summed E-state index contributed by atoms with van der Waals surface area (Å²) in [7, 11) is 2.03. The predicted molar refractivity (Wildman–Crippen MR) is 73.2 cm³/mol. The lowest BCUT2D eigenvalue weighted by Gasteiger charge is -2.36. The fraction of sp³-hybridized carbons (Fsp3) is 0.600. The molecule has 3 heteroatoms. The first-order valence-corrected chi connectivity index (χ1v) is 6.85. The van der Waals surface area contributed by atoms with Gasteiger partial charge >= 0.3 is 0 Å². The predicted octanol–water partition coefficient (Wildman–Crippen LogP) is 2.44. The molecule has 2 atom stereocenters. The molecule has 0 bridgehead atoms. The highest BCUT2D eigenvalue weighted by atomic mass is 19.1. The second kappa shape index (κ2) is 6.30. The highest BCUT2D eigenvalue weighted by Crippen LogP contribution is 2.16. The van der Waals surface area contributed by atoms with Gasteiger partial charge in [-0.2, -0.15) is 0 Å². The van der Waals surface area contributed by atoms with E-state index in [0.717, 1.165) is 25.1 Å². The molecule has 1 aliphatic rings. The summed E-state index contributed by atoms with van der Waals surface area (Å²) < 4.78 is 13.2. The largest absolute Gasteiger partial charge is 0.316 e. The lowest BCUT2D eigenvalue weighted by Crippen LogP contribution is -2.48. The van der Waals surface area contributed by atoms with Crippen LogP contribution in [0, 0.1) is 5.82 Å². The molecule has 0 amide bonds. The number of nitrogens with zero attached hydrogens (tertiary/aromatic N) is 1. The van der Waals surface area contributed by atoms with Gasteiger partial charge in [0, 0.05) is 18.6 Å². The third kappa shape index (κ3) is 3.53. The van der Waals surface area contributed by atoms with Crippen molar-refractivity contribution < 1.29 is 4.39 Å². The second-order valence-electron chi connectivity index (χ2n) is 5.31. The molecule has 2 nitrogen and oxygen atoms in total. The van der Waals surface area contributed by atoms with Crippen molar-refractivity contribution in [1.29, 1.82) is 0 Å². The molecule has 0 radical (unpaired) electrons. The van der Waals surface area contributed by atoms with Crippen LogP contribution in [0.15, 0.2) is 24.3 Å². The van der Waals surface area contributed by atoms with Crippen LogP contribution in [0.2, 0.25) is 0 Å². The maximum absolute atomic E-state index is 13.2. The van der Waals surface area contributed by atoms with E-state index in [9.17, 15) is 4.39 Å². The van der Waals surface area contributed by atoms with Crippen molar-refractivity contribution in [2.45, 2.75) is 38.3 Å². The van der Waals surface area contributed by atoms with Crippen molar-refractivity contribution in [1.82, 2.24) is 10.2 Å². The SMILES string of the molecule is CNC1CCCN(C(C)Cc2cccc(F)c2)C1. The molecule has 100 valence electrons. The summed E-state index contributed by atoms with van der Waals surface area (Å²) in [5.74, 6) is -0.133. The van der Waals surface area contributed by atoms with Crippen LogP contribution in [0.4, 0.5) is 4.39 Å². The quantitative estimate of drug-likeness (QED) is 0.883. The van der Waals surface area contributed by atoms with E-state index in [2.05, 4.69) is 17.1 Å². The van der Waals surface area contributed by atoms with Crippen LogP contribution in [0.5, 0.6) is 0 Å². The summed E-state index contributed by atoms with van der Waals surface area (Å²) in [6, 6.07) is 8.04. The van der Waals surface area contributed by atoms with E-state index in [1.54, 1.807) is 12.1 Å². The summed E-state index contributed by atoms with van der Waals surface area (Å²) in [5, 5.41) is 3.36. The zero-order valence-electron chi connectivity index (χ0n) is 11.3. The Morgan fingerprint density at radius 2 is 2.33 bits per heavy atom. The van der Waals surface area contributed by atoms with Gasteiger partial charge in [0.05, 0.1) is 0 Å². The van der Waals surface area contributed by atoms with Gasteiger partial charge in [-0.1, -0.05) is 12.1 Å². The van der Waals surface area contributed by atoms with E-state index in [-0.39, 0.29) is 5.82 Å². The Kier molecular flexibility index (Phi) is 4.72. The van der Waals surface area contributed by atoms with Crippen molar-refractivity contribution in [2.24, 2.45) is 0 Å².